The zero-order valence-electron chi connectivity index (χ0n) is 9.79. The minimum atomic E-state index is -0.402. The van der Waals surface area contributed by atoms with Gasteiger partial charge in [0.15, 0.2) is 5.78 Å². The smallest absolute Gasteiger partial charge is 0.196 e. The first-order valence-electron chi connectivity index (χ1n) is 5.50. The fraction of sp³-hybridized carbons (Fsp3) is 0.214. The highest BCUT2D eigenvalue weighted by Gasteiger charge is 2.17. The molecule has 1 aromatic carbocycles. The SMILES string of the molecule is CCc1occc1C(=O)c1cc(F)ccc1C. The van der Waals surface area contributed by atoms with E-state index < -0.39 is 5.82 Å². The molecule has 0 aliphatic heterocycles. The number of carbonyl (C=O) groups is 1. The van der Waals surface area contributed by atoms with Crippen molar-refractivity contribution in [3.05, 3.63) is 58.8 Å². The average molecular weight is 232 g/mol. The van der Waals surface area contributed by atoms with Gasteiger partial charge in [-0.2, -0.15) is 0 Å². The van der Waals surface area contributed by atoms with Gasteiger partial charge >= 0.3 is 0 Å². The van der Waals surface area contributed by atoms with Crippen molar-refractivity contribution in [3.8, 4) is 0 Å². The Bertz CT molecular complexity index is 555. The van der Waals surface area contributed by atoms with Crippen LogP contribution in [0, 0.1) is 12.7 Å². The molecule has 88 valence electrons. The van der Waals surface area contributed by atoms with Gasteiger partial charge < -0.3 is 4.42 Å². The molecule has 0 radical (unpaired) electrons. The maximum Gasteiger partial charge on any atom is 0.196 e. The second-order valence-electron chi connectivity index (χ2n) is 3.90. The number of benzene rings is 1. The van der Waals surface area contributed by atoms with Crippen LogP contribution in [0.15, 0.2) is 34.9 Å². The van der Waals surface area contributed by atoms with Gasteiger partial charge in [-0.1, -0.05) is 13.0 Å². The van der Waals surface area contributed by atoms with Crippen molar-refractivity contribution in [3.63, 3.8) is 0 Å². The van der Waals surface area contributed by atoms with Gasteiger partial charge in [-0.15, -0.1) is 0 Å². The van der Waals surface area contributed by atoms with Gasteiger partial charge in [0.1, 0.15) is 11.6 Å². The molecule has 0 bridgehead atoms. The molecule has 2 aromatic rings. The van der Waals surface area contributed by atoms with E-state index in [2.05, 4.69) is 0 Å². The molecular weight excluding hydrogens is 219 g/mol. The van der Waals surface area contributed by atoms with Crippen LogP contribution in [0.4, 0.5) is 4.39 Å². The van der Waals surface area contributed by atoms with Gasteiger partial charge in [0, 0.05) is 12.0 Å². The van der Waals surface area contributed by atoms with Crippen molar-refractivity contribution in [1.29, 1.82) is 0 Å². The first kappa shape index (κ1) is 11.6. The molecule has 1 aromatic heterocycles. The molecule has 17 heavy (non-hydrogen) atoms. The lowest BCUT2D eigenvalue weighted by Crippen LogP contribution is -2.05. The lowest BCUT2D eigenvalue weighted by atomic mass is 9.99. The van der Waals surface area contributed by atoms with E-state index in [1.807, 2.05) is 6.92 Å². The third kappa shape index (κ3) is 2.13. The lowest BCUT2D eigenvalue weighted by Gasteiger charge is -2.04. The predicted octanol–water partition coefficient (Wildman–Crippen LogP) is 3.52. The Labute approximate surface area is 99.1 Å². The van der Waals surface area contributed by atoms with E-state index in [1.54, 1.807) is 19.1 Å². The summed E-state index contributed by atoms with van der Waals surface area (Å²) in [6.45, 7) is 3.70. The molecule has 0 saturated carbocycles. The van der Waals surface area contributed by atoms with Gasteiger partial charge in [0.2, 0.25) is 0 Å². The van der Waals surface area contributed by atoms with Crippen LogP contribution in [0.25, 0.3) is 0 Å². The molecule has 0 aliphatic rings. The second kappa shape index (κ2) is 4.53. The van der Waals surface area contributed by atoms with Crippen LogP contribution in [-0.4, -0.2) is 5.78 Å². The molecule has 0 saturated heterocycles. The molecule has 2 rings (SSSR count). The van der Waals surface area contributed by atoms with E-state index in [1.165, 1.54) is 18.4 Å². The number of furan rings is 1. The van der Waals surface area contributed by atoms with Crippen molar-refractivity contribution in [2.75, 3.05) is 0 Å². The molecule has 0 fully saturated rings. The molecule has 0 N–H and O–H groups in total. The first-order valence-corrected chi connectivity index (χ1v) is 5.50. The molecule has 0 spiro atoms. The van der Waals surface area contributed by atoms with Crippen molar-refractivity contribution < 1.29 is 13.6 Å². The van der Waals surface area contributed by atoms with Crippen molar-refractivity contribution in [1.82, 2.24) is 0 Å². The summed E-state index contributed by atoms with van der Waals surface area (Å²) in [5, 5.41) is 0. The number of hydrogen-bond acceptors (Lipinski definition) is 2. The van der Waals surface area contributed by atoms with Crippen LogP contribution in [0.2, 0.25) is 0 Å². The van der Waals surface area contributed by atoms with Gasteiger partial charge in [0.05, 0.1) is 11.8 Å². The number of halogens is 1. The van der Waals surface area contributed by atoms with E-state index >= 15 is 0 Å². The summed E-state index contributed by atoms with van der Waals surface area (Å²) in [7, 11) is 0. The Morgan fingerprint density at radius 1 is 1.29 bits per heavy atom. The quantitative estimate of drug-likeness (QED) is 0.758. The topological polar surface area (TPSA) is 30.2 Å². The Kier molecular flexibility index (Phi) is 3.09. The van der Waals surface area contributed by atoms with E-state index in [9.17, 15) is 9.18 Å². The third-order valence-corrected chi connectivity index (χ3v) is 2.76. The summed E-state index contributed by atoms with van der Waals surface area (Å²) >= 11 is 0. The standard InChI is InChI=1S/C14H13FO2/c1-3-13-11(6-7-17-13)14(16)12-8-10(15)5-4-9(12)2/h4-8H,3H2,1-2H3. The third-order valence-electron chi connectivity index (χ3n) is 2.76. The normalized spacial score (nSPS) is 10.5. The summed E-state index contributed by atoms with van der Waals surface area (Å²) < 4.78 is 18.4. The Balaban J connectivity index is 2.47. The Hall–Kier alpha value is -1.90. The molecule has 1 heterocycles. The Morgan fingerprint density at radius 3 is 2.76 bits per heavy atom. The molecule has 3 heteroatoms. The number of hydrogen-bond donors (Lipinski definition) is 0. The van der Waals surface area contributed by atoms with Crippen molar-refractivity contribution >= 4 is 5.78 Å². The minimum absolute atomic E-state index is 0.187. The van der Waals surface area contributed by atoms with Crippen LogP contribution in [0.1, 0.15) is 34.2 Å². The molecule has 0 atom stereocenters. The molecule has 0 aliphatic carbocycles. The predicted molar refractivity (Wildman–Crippen MR) is 62.7 cm³/mol. The van der Waals surface area contributed by atoms with Crippen LogP contribution >= 0.6 is 0 Å². The van der Waals surface area contributed by atoms with Gasteiger partial charge in [-0.25, -0.2) is 4.39 Å². The monoisotopic (exact) mass is 232 g/mol. The number of ketones is 1. The van der Waals surface area contributed by atoms with Gasteiger partial charge in [-0.3, -0.25) is 4.79 Å². The summed E-state index contributed by atoms with van der Waals surface area (Å²) in [6.07, 6.45) is 2.13. The minimum Gasteiger partial charge on any atom is -0.469 e. The van der Waals surface area contributed by atoms with Crippen LogP contribution in [0.5, 0.6) is 0 Å². The van der Waals surface area contributed by atoms with Crippen LogP contribution < -0.4 is 0 Å². The zero-order valence-corrected chi connectivity index (χ0v) is 9.79. The summed E-state index contributed by atoms with van der Waals surface area (Å²) in [4.78, 5) is 12.2. The maximum atomic E-state index is 13.2. The number of aryl methyl sites for hydroxylation is 2. The van der Waals surface area contributed by atoms with E-state index in [4.69, 9.17) is 4.42 Å². The fourth-order valence-corrected chi connectivity index (χ4v) is 1.80. The largest absolute Gasteiger partial charge is 0.469 e. The number of carbonyl (C=O) groups excluding carboxylic acids is 1. The van der Waals surface area contributed by atoms with Gasteiger partial charge in [0.25, 0.3) is 0 Å². The zero-order chi connectivity index (χ0) is 12.4. The fourth-order valence-electron chi connectivity index (χ4n) is 1.80. The second-order valence-corrected chi connectivity index (χ2v) is 3.90. The molecular formula is C14H13FO2. The van der Waals surface area contributed by atoms with Crippen molar-refractivity contribution in [2.24, 2.45) is 0 Å². The van der Waals surface area contributed by atoms with Gasteiger partial charge in [-0.05, 0) is 30.7 Å². The van der Waals surface area contributed by atoms with Crippen LogP contribution in [0.3, 0.4) is 0 Å². The van der Waals surface area contributed by atoms with Crippen LogP contribution in [-0.2, 0) is 6.42 Å². The van der Waals surface area contributed by atoms with E-state index in [-0.39, 0.29) is 5.78 Å². The summed E-state index contributed by atoms with van der Waals surface area (Å²) in [5.41, 5.74) is 1.67. The molecule has 0 unspecified atom stereocenters. The van der Waals surface area contributed by atoms with E-state index in [0.717, 1.165) is 5.56 Å². The van der Waals surface area contributed by atoms with E-state index in [0.29, 0.717) is 23.3 Å². The highest BCUT2D eigenvalue weighted by molar-refractivity contribution is 6.10. The maximum absolute atomic E-state index is 13.2. The summed E-state index contributed by atoms with van der Waals surface area (Å²) in [6, 6.07) is 5.85. The lowest BCUT2D eigenvalue weighted by molar-refractivity contribution is 0.103. The number of rotatable bonds is 3. The molecule has 0 amide bonds. The Morgan fingerprint density at radius 2 is 2.06 bits per heavy atom. The van der Waals surface area contributed by atoms with Crippen molar-refractivity contribution in [2.45, 2.75) is 20.3 Å². The summed E-state index contributed by atoms with van der Waals surface area (Å²) in [5.74, 6) is 0.0479. The highest BCUT2D eigenvalue weighted by Crippen LogP contribution is 2.19. The first-order chi connectivity index (χ1) is 8.13. The molecule has 2 nitrogen and oxygen atoms in total. The average Bonchev–Trinajstić information content (AvgIpc) is 2.79. The highest BCUT2D eigenvalue weighted by atomic mass is 19.1.